The quantitative estimate of drug-likeness (QED) is 0.804. The molecule has 2 heterocycles. The Bertz CT molecular complexity index is 574. The van der Waals surface area contributed by atoms with Crippen molar-refractivity contribution in [3.8, 4) is 0 Å². The molecule has 2 rings (SSSR count). The van der Waals surface area contributed by atoms with E-state index in [1.807, 2.05) is 5.38 Å². The molecule has 7 heteroatoms. The van der Waals surface area contributed by atoms with E-state index in [1.54, 1.807) is 29.5 Å². The third-order valence-electron chi connectivity index (χ3n) is 2.72. The van der Waals surface area contributed by atoms with Gasteiger partial charge in [-0.2, -0.15) is 0 Å². The molecule has 0 fully saturated rings. The molecule has 0 aliphatic heterocycles. The Morgan fingerprint density at radius 1 is 1.71 bits per heavy atom. The zero-order valence-corrected chi connectivity index (χ0v) is 10.3. The molecule has 1 amide bonds. The van der Waals surface area contributed by atoms with Gasteiger partial charge in [0, 0.05) is 18.6 Å². The molecule has 2 aromatic heterocycles. The highest BCUT2D eigenvalue weighted by atomic mass is 32.1. The highest BCUT2D eigenvalue weighted by Gasteiger charge is 2.22. The maximum absolute atomic E-state index is 11.1. The van der Waals surface area contributed by atoms with E-state index < -0.39 is 11.9 Å². The third-order valence-corrected chi connectivity index (χ3v) is 3.47. The minimum absolute atomic E-state index is 0.428. The summed E-state index contributed by atoms with van der Waals surface area (Å²) in [5.41, 5.74) is 5.66. The standard InChI is InChI=1S/C10H12N4O2S/c1-6(8(11)16)13(2)9-7(5-15)14-3-4-17-10(14)12-9/h3-6H,1-2H3,(H2,11,16). The highest BCUT2D eigenvalue weighted by molar-refractivity contribution is 7.15. The number of hydrogen-bond acceptors (Lipinski definition) is 5. The number of rotatable bonds is 4. The van der Waals surface area contributed by atoms with Crippen LogP contribution in [0.3, 0.4) is 0 Å². The summed E-state index contributed by atoms with van der Waals surface area (Å²) >= 11 is 1.43. The molecule has 0 radical (unpaired) electrons. The first-order chi connectivity index (χ1) is 8.06. The van der Waals surface area contributed by atoms with Gasteiger partial charge in [-0.05, 0) is 6.92 Å². The van der Waals surface area contributed by atoms with Crippen LogP contribution in [0.2, 0.25) is 0 Å². The van der Waals surface area contributed by atoms with Crippen LogP contribution in [0.15, 0.2) is 11.6 Å². The van der Waals surface area contributed by atoms with E-state index in [1.165, 1.54) is 11.3 Å². The SMILES string of the molecule is CC(C(N)=O)N(C)c1nc2sccn2c1C=O. The molecule has 0 aromatic carbocycles. The number of likely N-dealkylation sites (N-methyl/N-ethyl adjacent to an activating group) is 1. The van der Waals surface area contributed by atoms with Crippen molar-refractivity contribution in [2.24, 2.45) is 5.73 Å². The van der Waals surface area contributed by atoms with E-state index in [-0.39, 0.29) is 0 Å². The average Bonchev–Trinajstić information content (AvgIpc) is 2.85. The van der Waals surface area contributed by atoms with Gasteiger partial charge in [0.1, 0.15) is 11.7 Å². The number of hydrogen-bond donors (Lipinski definition) is 1. The Hall–Kier alpha value is -1.89. The van der Waals surface area contributed by atoms with Crippen LogP contribution in [0.1, 0.15) is 17.4 Å². The van der Waals surface area contributed by atoms with E-state index in [9.17, 15) is 9.59 Å². The molecule has 1 unspecified atom stereocenters. The summed E-state index contributed by atoms with van der Waals surface area (Å²) in [4.78, 5) is 28.9. The Kier molecular flexibility index (Phi) is 2.84. The predicted octanol–water partition coefficient (Wildman–Crippen LogP) is 0.518. The van der Waals surface area contributed by atoms with Crippen LogP contribution in [0.5, 0.6) is 0 Å². The summed E-state index contributed by atoms with van der Waals surface area (Å²) in [7, 11) is 1.69. The van der Waals surface area contributed by atoms with Gasteiger partial charge in [-0.15, -0.1) is 11.3 Å². The number of imidazole rings is 1. The number of nitrogens with zero attached hydrogens (tertiary/aromatic N) is 3. The van der Waals surface area contributed by atoms with Crippen molar-refractivity contribution < 1.29 is 9.59 Å². The fourth-order valence-corrected chi connectivity index (χ4v) is 2.25. The van der Waals surface area contributed by atoms with Crippen molar-refractivity contribution in [2.75, 3.05) is 11.9 Å². The summed E-state index contributed by atoms with van der Waals surface area (Å²) in [5, 5.41) is 1.84. The zero-order chi connectivity index (χ0) is 12.6. The van der Waals surface area contributed by atoms with Crippen molar-refractivity contribution in [3.63, 3.8) is 0 Å². The lowest BCUT2D eigenvalue weighted by Gasteiger charge is -2.22. The van der Waals surface area contributed by atoms with E-state index >= 15 is 0 Å². The molecule has 0 aliphatic carbocycles. The Morgan fingerprint density at radius 3 is 3.00 bits per heavy atom. The molecule has 0 saturated heterocycles. The summed E-state index contributed by atoms with van der Waals surface area (Å²) in [6.45, 7) is 1.67. The summed E-state index contributed by atoms with van der Waals surface area (Å²) in [5.74, 6) is 0.0128. The Labute approximate surface area is 102 Å². The average molecular weight is 252 g/mol. The van der Waals surface area contributed by atoms with Crippen molar-refractivity contribution in [1.29, 1.82) is 0 Å². The monoisotopic (exact) mass is 252 g/mol. The number of nitrogens with two attached hydrogens (primary N) is 1. The number of thiazole rings is 1. The third kappa shape index (κ3) is 1.78. The Balaban J connectivity index is 2.50. The fraction of sp³-hybridized carbons (Fsp3) is 0.300. The fourth-order valence-electron chi connectivity index (χ4n) is 1.54. The van der Waals surface area contributed by atoms with Gasteiger partial charge in [-0.25, -0.2) is 4.98 Å². The first-order valence-corrected chi connectivity index (χ1v) is 5.87. The van der Waals surface area contributed by atoms with Crippen LogP contribution < -0.4 is 10.6 Å². The van der Waals surface area contributed by atoms with Gasteiger partial charge in [-0.1, -0.05) is 0 Å². The maximum atomic E-state index is 11.1. The number of carbonyl (C=O) groups is 2. The molecule has 17 heavy (non-hydrogen) atoms. The van der Waals surface area contributed by atoms with E-state index in [0.717, 1.165) is 6.29 Å². The molecule has 0 saturated carbocycles. The van der Waals surface area contributed by atoms with Gasteiger partial charge in [0.05, 0.1) is 0 Å². The minimum Gasteiger partial charge on any atom is -0.368 e. The van der Waals surface area contributed by atoms with Crippen LogP contribution in [0.25, 0.3) is 4.96 Å². The van der Waals surface area contributed by atoms with E-state index in [2.05, 4.69) is 4.98 Å². The summed E-state index contributed by atoms with van der Waals surface area (Å²) < 4.78 is 1.69. The molecule has 2 N–H and O–H groups in total. The smallest absolute Gasteiger partial charge is 0.239 e. The molecule has 2 aromatic rings. The largest absolute Gasteiger partial charge is 0.368 e. The molecule has 6 nitrogen and oxygen atoms in total. The first-order valence-electron chi connectivity index (χ1n) is 4.99. The molecular weight excluding hydrogens is 240 g/mol. The van der Waals surface area contributed by atoms with Gasteiger partial charge in [0.25, 0.3) is 0 Å². The van der Waals surface area contributed by atoms with Crippen molar-refractivity contribution in [3.05, 3.63) is 17.3 Å². The number of amides is 1. The van der Waals surface area contributed by atoms with E-state index in [4.69, 9.17) is 5.73 Å². The minimum atomic E-state index is -0.515. The van der Waals surface area contributed by atoms with Crippen molar-refractivity contribution >= 4 is 34.3 Å². The van der Waals surface area contributed by atoms with E-state index in [0.29, 0.717) is 16.5 Å². The van der Waals surface area contributed by atoms with Gasteiger partial charge < -0.3 is 10.6 Å². The number of primary amides is 1. The normalized spacial score (nSPS) is 12.6. The number of carbonyl (C=O) groups excluding carboxylic acids is 2. The lowest BCUT2D eigenvalue weighted by Crippen LogP contribution is -2.40. The predicted molar refractivity (Wildman–Crippen MR) is 65.5 cm³/mol. The second-order valence-electron chi connectivity index (χ2n) is 3.68. The van der Waals surface area contributed by atoms with Crippen LogP contribution >= 0.6 is 11.3 Å². The van der Waals surface area contributed by atoms with Crippen LogP contribution in [-0.2, 0) is 4.79 Å². The summed E-state index contributed by atoms with van der Waals surface area (Å²) in [6, 6.07) is -0.515. The topological polar surface area (TPSA) is 80.7 Å². The van der Waals surface area contributed by atoms with Crippen molar-refractivity contribution in [2.45, 2.75) is 13.0 Å². The second kappa shape index (κ2) is 4.17. The second-order valence-corrected chi connectivity index (χ2v) is 4.56. The molecule has 0 spiro atoms. The molecule has 0 aliphatic rings. The van der Waals surface area contributed by atoms with Crippen LogP contribution in [0, 0.1) is 0 Å². The van der Waals surface area contributed by atoms with Gasteiger partial charge in [-0.3, -0.25) is 14.0 Å². The van der Waals surface area contributed by atoms with Crippen LogP contribution in [-0.4, -0.2) is 34.7 Å². The zero-order valence-electron chi connectivity index (χ0n) is 9.45. The number of aromatic nitrogens is 2. The molecule has 90 valence electrons. The highest BCUT2D eigenvalue weighted by Crippen LogP contribution is 2.23. The maximum Gasteiger partial charge on any atom is 0.239 e. The van der Waals surface area contributed by atoms with Gasteiger partial charge in [0.15, 0.2) is 17.1 Å². The van der Waals surface area contributed by atoms with Crippen molar-refractivity contribution in [1.82, 2.24) is 9.38 Å². The molecule has 0 bridgehead atoms. The number of anilines is 1. The summed E-state index contributed by atoms with van der Waals surface area (Å²) in [6.07, 6.45) is 2.50. The number of fused-ring (bicyclic) bond motifs is 1. The lowest BCUT2D eigenvalue weighted by molar-refractivity contribution is -0.118. The Morgan fingerprint density at radius 2 is 2.41 bits per heavy atom. The van der Waals surface area contributed by atoms with Gasteiger partial charge in [0.2, 0.25) is 5.91 Å². The molecular formula is C10H12N4O2S. The van der Waals surface area contributed by atoms with Gasteiger partial charge >= 0.3 is 0 Å². The molecule has 1 atom stereocenters. The first kappa shape index (κ1) is 11.6. The number of aldehydes is 1. The van der Waals surface area contributed by atoms with Crippen LogP contribution in [0.4, 0.5) is 5.82 Å². The lowest BCUT2D eigenvalue weighted by atomic mass is 10.3.